The predicted molar refractivity (Wildman–Crippen MR) is 61.6 cm³/mol. The summed E-state index contributed by atoms with van der Waals surface area (Å²) in [7, 11) is 0. The first-order valence-electron chi connectivity index (χ1n) is 3.93. The summed E-state index contributed by atoms with van der Waals surface area (Å²) in [6.07, 6.45) is 1.70. The number of fused-ring (bicyclic) bond motifs is 1. The van der Waals surface area contributed by atoms with Crippen LogP contribution in [-0.2, 0) is 0 Å². The SMILES string of the molecule is Cc1cc(=O)n2cc(Br)cc(Br)c2n1. The van der Waals surface area contributed by atoms with Crippen molar-refractivity contribution in [1.29, 1.82) is 0 Å². The molecule has 72 valence electrons. The molecule has 0 saturated carbocycles. The summed E-state index contributed by atoms with van der Waals surface area (Å²) in [4.78, 5) is 15.9. The van der Waals surface area contributed by atoms with Crippen LogP contribution in [0.15, 0.2) is 32.1 Å². The number of nitrogens with zero attached hydrogens (tertiary/aromatic N) is 2. The lowest BCUT2D eigenvalue weighted by Crippen LogP contribution is -2.14. The number of pyridine rings is 1. The van der Waals surface area contributed by atoms with Crippen LogP contribution < -0.4 is 5.56 Å². The zero-order chi connectivity index (χ0) is 10.3. The molecule has 0 unspecified atom stereocenters. The largest absolute Gasteiger partial charge is 0.269 e. The smallest absolute Gasteiger partial charge is 0.258 e. The molecule has 0 atom stereocenters. The third-order valence-corrected chi connectivity index (χ3v) is 2.83. The summed E-state index contributed by atoms with van der Waals surface area (Å²) in [6, 6.07) is 3.37. The molecule has 5 heteroatoms. The van der Waals surface area contributed by atoms with Gasteiger partial charge < -0.3 is 0 Å². The van der Waals surface area contributed by atoms with Crippen molar-refractivity contribution in [2.24, 2.45) is 0 Å². The second kappa shape index (κ2) is 3.47. The molecule has 0 fully saturated rings. The van der Waals surface area contributed by atoms with Crippen molar-refractivity contribution in [3.63, 3.8) is 0 Å². The van der Waals surface area contributed by atoms with E-state index in [0.717, 1.165) is 14.6 Å². The molecule has 2 aromatic rings. The van der Waals surface area contributed by atoms with Crippen LogP contribution >= 0.6 is 31.9 Å². The first-order chi connectivity index (χ1) is 6.58. The summed E-state index contributed by atoms with van der Waals surface area (Å²) in [5, 5.41) is 0. The van der Waals surface area contributed by atoms with E-state index >= 15 is 0 Å². The van der Waals surface area contributed by atoms with Crippen molar-refractivity contribution in [2.45, 2.75) is 6.92 Å². The van der Waals surface area contributed by atoms with E-state index in [-0.39, 0.29) is 5.56 Å². The standard InChI is InChI=1S/C9H6Br2N2O/c1-5-2-8(14)13-4-6(10)3-7(11)9(13)12-5/h2-4H,1H3. The van der Waals surface area contributed by atoms with Gasteiger partial charge in [0.15, 0.2) is 5.65 Å². The molecule has 2 heterocycles. The van der Waals surface area contributed by atoms with Gasteiger partial charge in [0.1, 0.15) is 0 Å². The average Bonchev–Trinajstić information content (AvgIpc) is 2.07. The van der Waals surface area contributed by atoms with Gasteiger partial charge in [-0.2, -0.15) is 0 Å². The number of aryl methyl sites for hydroxylation is 1. The van der Waals surface area contributed by atoms with Gasteiger partial charge in [-0.15, -0.1) is 0 Å². The highest BCUT2D eigenvalue weighted by Gasteiger charge is 2.04. The van der Waals surface area contributed by atoms with Crippen molar-refractivity contribution in [3.8, 4) is 0 Å². The molecule has 0 aliphatic carbocycles. The molecule has 14 heavy (non-hydrogen) atoms. The maximum Gasteiger partial charge on any atom is 0.258 e. The highest BCUT2D eigenvalue weighted by atomic mass is 79.9. The number of aromatic nitrogens is 2. The Labute approximate surface area is 97.0 Å². The Morgan fingerprint density at radius 1 is 1.36 bits per heavy atom. The first kappa shape index (κ1) is 9.86. The quantitative estimate of drug-likeness (QED) is 0.748. The number of hydrogen-bond acceptors (Lipinski definition) is 2. The van der Waals surface area contributed by atoms with E-state index in [1.807, 2.05) is 6.07 Å². The third kappa shape index (κ3) is 1.62. The molecule has 0 amide bonds. The highest BCUT2D eigenvalue weighted by Crippen LogP contribution is 2.20. The molecule has 3 nitrogen and oxygen atoms in total. The van der Waals surface area contributed by atoms with E-state index in [2.05, 4.69) is 36.8 Å². The van der Waals surface area contributed by atoms with Gasteiger partial charge in [-0.25, -0.2) is 4.98 Å². The van der Waals surface area contributed by atoms with Gasteiger partial charge in [0.25, 0.3) is 5.56 Å². The van der Waals surface area contributed by atoms with Gasteiger partial charge in [0, 0.05) is 22.4 Å². The molecule has 0 spiro atoms. The zero-order valence-corrected chi connectivity index (χ0v) is 10.5. The molecular weight excluding hydrogens is 312 g/mol. The maximum absolute atomic E-state index is 11.6. The van der Waals surface area contributed by atoms with E-state index in [4.69, 9.17) is 0 Å². The molecule has 0 aromatic carbocycles. The minimum Gasteiger partial charge on any atom is -0.269 e. The lowest BCUT2D eigenvalue weighted by atomic mass is 10.4. The Morgan fingerprint density at radius 2 is 2.07 bits per heavy atom. The van der Waals surface area contributed by atoms with Gasteiger partial charge in [-0.05, 0) is 44.8 Å². The van der Waals surface area contributed by atoms with E-state index in [1.165, 1.54) is 10.5 Å². The summed E-state index contributed by atoms with van der Waals surface area (Å²) in [5.41, 5.74) is 1.28. The van der Waals surface area contributed by atoms with Crippen molar-refractivity contribution in [2.75, 3.05) is 0 Å². The molecule has 0 bridgehead atoms. The van der Waals surface area contributed by atoms with Crippen LogP contribution in [0.3, 0.4) is 0 Å². The molecule has 0 aliphatic heterocycles. The second-order valence-corrected chi connectivity index (χ2v) is 4.71. The minimum absolute atomic E-state index is 0.0745. The summed E-state index contributed by atoms with van der Waals surface area (Å²) >= 11 is 6.68. The van der Waals surface area contributed by atoms with Crippen LogP contribution in [0.5, 0.6) is 0 Å². The van der Waals surface area contributed by atoms with Gasteiger partial charge in [0.05, 0.1) is 4.47 Å². The van der Waals surface area contributed by atoms with Crippen LogP contribution in [0.1, 0.15) is 5.69 Å². The Bertz CT molecular complexity index is 562. The van der Waals surface area contributed by atoms with E-state index in [0.29, 0.717) is 5.65 Å². The van der Waals surface area contributed by atoms with Crippen LogP contribution in [0.4, 0.5) is 0 Å². The maximum atomic E-state index is 11.6. The van der Waals surface area contributed by atoms with Crippen LogP contribution in [0.2, 0.25) is 0 Å². The summed E-state index contributed by atoms with van der Waals surface area (Å²) in [6.45, 7) is 1.80. The number of hydrogen-bond donors (Lipinski definition) is 0. The Morgan fingerprint density at radius 3 is 2.79 bits per heavy atom. The normalized spacial score (nSPS) is 10.8. The topological polar surface area (TPSA) is 34.4 Å². The van der Waals surface area contributed by atoms with Crippen molar-refractivity contribution < 1.29 is 0 Å². The molecule has 0 radical (unpaired) electrons. The van der Waals surface area contributed by atoms with Crippen molar-refractivity contribution in [1.82, 2.24) is 9.38 Å². The summed E-state index contributed by atoms with van der Waals surface area (Å²) < 4.78 is 3.14. The number of halogens is 2. The fraction of sp³-hybridized carbons (Fsp3) is 0.111. The average molecular weight is 318 g/mol. The van der Waals surface area contributed by atoms with Crippen LogP contribution in [0.25, 0.3) is 5.65 Å². The third-order valence-electron chi connectivity index (χ3n) is 1.81. The highest BCUT2D eigenvalue weighted by molar-refractivity contribution is 9.11. The lowest BCUT2D eigenvalue weighted by molar-refractivity contribution is 1.01. The fourth-order valence-corrected chi connectivity index (χ4v) is 2.51. The monoisotopic (exact) mass is 316 g/mol. The van der Waals surface area contributed by atoms with Crippen LogP contribution in [0, 0.1) is 6.92 Å². The predicted octanol–water partition coefficient (Wildman–Crippen LogP) is 2.53. The van der Waals surface area contributed by atoms with E-state index in [9.17, 15) is 4.79 Å². The van der Waals surface area contributed by atoms with E-state index < -0.39 is 0 Å². The van der Waals surface area contributed by atoms with Gasteiger partial charge in [0.2, 0.25) is 0 Å². The first-order valence-corrected chi connectivity index (χ1v) is 5.51. The zero-order valence-electron chi connectivity index (χ0n) is 7.29. The molecule has 0 saturated heterocycles. The molecule has 2 aromatic heterocycles. The number of rotatable bonds is 0. The second-order valence-electron chi connectivity index (χ2n) is 2.94. The molecule has 0 N–H and O–H groups in total. The van der Waals surface area contributed by atoms with Crippen molar-refractivity contribution >= 4 is 37.5 Å². The molecule has 0 aliphatic rings. The molecular formula is C9H6Br2N2O. The summed E-state index contributed by atoms with van der Waals surface area (Å²) in [5.74, 6) is 0. The van der Waals surface area contributed by atoms with E-state index in [1.54, 1.807) is 13.1 Å². The lowest BCUT2D eigenvalue weighted by Gasteiger charge is -2.03. The van der Waals surface area contributed by atoms with Gasteiger partial charge >= 0.3 is 0 Å². The van der Waals surface area contributed by atoms with Gasteiger partial charge in [-0.3, -0.25) is 9.20 Å². The van der Waals surface area contributed by atoms with Crippen molar-refractivity contribution in [3.05, 3.63) is 43.3 Å². The Hall–Kier alpha value is -0.680. The molecule has 2 rings (SSSR count). The fourth-order valence-electron chi connectivity index (χ4n) is 1.25. The Kier molecular flexibility index (Phi) is 2.45. The van der Waals surface area contributed by atoms with Crippen LogP contribution in [-0.4, -0.2) is 9.38 Å². The minimum atomic E-state index is -0.0745. The Balaban J connectivity index is 3.02. The van der Waals surface area contributed by atoms with Gasteiger partial charge in [-0.1, -0.05) is 0 Å².